The van der Waals surface area contributed by atoms with Crippen LogP contribution >= 0.6 is 11.8 Å². The number of amides is 2. The number of aryl methyl sites for hydroxylation is 1. The molecule has 214 valence electrons. The van der Waals surface area contributed by atoms with Crippen LogP contribution in [0.4, 0.5) is 9.18 Å². The Morgan fingerprint density at radius 1 is 0.833 bits per heavy atom. The highest BCUT2D eigenvalue weighted by atomic mass is 32.2. The molecule has 1 aliphatic rings. The first-order valence-corrected chi connectivity index (χ1v) is 14.6. The molecule has 4 aromatic carbocycles. The summed E-state index contributed by atoms with van der Waals surface area (Å²) >= 11 is 0.320. The lowest BCUT2D eigenvalue weighted by Crippen LogP contribution is -2.30. The third-order valence-corrected chi connectivity index (χ3v) is 7.89. The van der Waals surface area contributed by atoms with Gasteiger partial charge >= 0.3 is 0 Å². The van der Waals surface area contributed by atoms with Crippen LogP contribution in [-0.4, -0.2) is 24.4 Å². The van der Waals surface area contributed by atoms with Crippen molar-refractivity contribution in [1.82, 2.24) is 5.32 Å². The monoisotopic (exact) mass is 585 g/mol. The molecule has 1 atom stereocenters. The molecule has 1 aromatic heterocycles. The van der Waals surface area contributed by atoms with Crippen LogP contribution in [0.2, 0.25) is 0 Å². The van der Waals surface area contributed by atoms with Crippen molar-refractivity contribution in [3.05, 3.63) is 96.1 Å². The van der Waals surface area contributed by atoms with Gasteiger partial charge < -0.3 is 18.6 Å². The Bertz CT molecular complexity index is 1790. The molecule has 1 fully saturated rings. The molecule has 9 heteroatoms. The number of furan rings is 1. The van der Waals surface area contributed by atoms with Gasteiger partial charge in [0.1, 0.15) is 34.2 Å². The Morgan fingerprint density at radius 3 is 2.45 bits per heavy atom. The van der Waals surface area contributed by atoms with E-state index in [9.17, 15) is 9.59 Å². The largest absolute Gasteiger partial charge is 0.493 e. The van der Waals surface area contributed by atoms with Crippen LogP contribution < -0.4 is 19.5 Å². The lowest BCUT2D eigenvalue weighted by atomic mass is 10.1. The molecule has 0 saturated carbocycles. The van der Waals surface area contributed by atoms with Gasteiger partial charge in [-0.05, 0) is 78.3 Å². The van der Waals surface area contributed by atoms with Crippen LogP contribution in [0.3, 0.4) is 0 Å². The standard InChI is InChI=1S/C33H28FNO6S/c1-2-7-21-18-24(40-25-13-15-30-27(20-25)26-10-3-4-11-29(26)41-30)12-14-28(21)39-17-6-16-38-23-9-5-8-22(19-23)33(34)31(36)35-32(37)42-33/h3-5,8-15,18-20H,2,6-7,16-17H2,1H3,(H,35,36,37). The molecule has 5 aromatic rings. The maximum atomic E-state index is 15.1. The van der Waals surface area contributed by atoms with Gasteiger partial charge in [-0.15, -0.1) is 0 Å². The molecule has 0 aliphatic carbocycles. The van der Waals surface area contributed by atoms with E-state index in [1.54, 1.807) is 12.1 Å². The first kappa shape index (κ1) is 27.7. The van der Waals surface area contributed by atoms with E-state index in [1.807, 2.05) is 66.0 Å². The van der Waals surface area contributed by atoms with Crippen molar-refractivity contribution in [2.75, 3.05) is 13.2 Å². The van der Waals surface area contributed by atoms with Gasteiger partial charge in [0.2, 0.25) is 0 Å². The number of alkyl halides is 1. The van der Waals surface area contributed by atoms with Crippen molar-refractivity contribution >= 4 is 44.8 Å². The zero-order chi connectivity index (χ0) is 29.1. The van der Waals surface area contributed by atoms with Gasteiger partial charge in [0.15, 0.2) is 0 Å². The van der Waals surface area contributed by atoms with Crippen molar-refractivity contribution in [3.8, 4) is 23.0 Å². The molecule has 0 bridgehead atoms. The number of rotatable bonds is 11. The van der Waals surface area contributed by atoms with Crippen molar-refractivity contribution in [2.24, 2.45) is 0 Å². The predicted molar refractivity (Wildman–Crippen MR) is 160 cm³/mol. The fraction of sp³-hybridized carbons (Fsp3) is 0.212. The maximum Gasteiger partial charge on any atom is 0.289 e. The summed E-state index contributed by atoms with van der Waals surface area (Å²) in [4.78, 5) is 23.4. The number of benzene rings is 4. The van der Waals surface area contributed by atoms with Crippen LogP contribution in [0, 0.1) is 0 Å². The molecule has 42 heavy (non-hydrogen) atoms. The minimum absolute atomic E-state index is 0.0640. The summed E-state index contributed by atoms with van der Waals surface area (Å²) < 4.78 is 39.1. The molecule has 7 nitrogen and oxygen atoms in total. The first-order chi connectivity index (χ1) is 20.4. The molecular formula is C33H28FNO6S. The number of carbonyl (C=O) groups is 2. The minimum Gasteiger partial charge on any atom is -0.493 e. The average Bonchev–Trinajstić information content (AvgIpc) is 3.49. The minimum atomic E-state index is -2.45. The van der Waals surface area contributed by atoms with E-state index >= 15 is 4.39 Å². The average molecular weight is 586 g/mol. The summed E-state index contributed by atoms with van der Waals surface area (Å²) in [5.74, 6) is 1.67. The Kier molecular flexibility index (Phi) is 7.75. The summed E-state index contributed by atoms with van der Waals surface area (Å²) in [7, 11) is 0. The number of para-hydroxylation sites is 1. The van der Waals surface area contributed by atoms with Gasteiger partial charge in [0, 0.05) is 22.8 Å². The number of halogens is 1. The highest BCUT2D eigenvalue weighted by Gasteiger charge is 2.50. The summed E-state index contributed by atoms with van der Waals surface area (Å²) in [5.41, 5.74) is 2.78. The molecule has 2 heterocycles. The van der Waals surface area contributed by atoms with E-state index < -0.39 is 16.1 Å². The second kappa shape index (κ2) is 11.8. The number of nitrogens with one attached hydrogen (secondary N) is 1. The Balaban J connectivity index is 1.06. The quantitative estimate of drug-likeness (QED) is 0.156. The van der Waals surface area contributed by atoms with E-state index in [0.29, 0.717) is 37.1 Å². The SMILES string of the molecule is CCCc1cc(Oc2ccc3oc4ccccc4c3c2)ccc1OCCCOc1cccc(C2(F)SC(=O)NC2=O)c1. The fourth-order valence-corrected chi connectivity index (χ4v) is 5.70. The third kappa shape index (κ3) is 5.65. The normalized spacial score (nSPS) is 16.6. The second-order valence-electron chi connectivity index (χ2n) is 9.89. The molecule has 2 amide bonds. The Morgan fingerprint density at radius 2 is 1.62 bits per heavy atom. The van der Waals surface area contributed by atoms with Crippen molar-refractivity contribution < 1.29 is 32.6 Å². The van der Waals surface area contributed by atoms with E-state index in [-0.39, 0.29) is 5.56 Å². The van der Waals surface area contributed by atoms with Crippen LogP contribution in [0.15, 0.2) is 89.3 Å². The summed E-state index contributed by atoms with van der Waals surface area (Å²) in [6, 6.07) is 25.8. The van der Waals surface area contributed by atoms with Gasteiger partial charge in [0.05, 0.1) is 13.2 Å². The Labute approximate surface area is 245 Å². The number of hydrogen-bond donors (Lipinski definition) is 1. The van der Waals surface area contributed by atoms with Crippen LogP contribution in [-0.2, 0) is 16.2 Å². The van der Waals surface area contributed by atoms with Crippen molar-refractivity contribution in [3.63, 3.8) is 0 Å². The molecule has 1 saturated heterocycles. The van der Waals surface area contributed by atoms with Crippen molar-refractivity contribution in [1.29, 1.82) is 0 Å². The van der Waals surface area contributed by atoms with Gasteiger partial charge in [-0.2, -0.15) is 0 Å². The van der Waals surface area contributed by atoms with Crippen molar-refractivity contribution in [2.45, 2.75) is 31.2 Å². The number of imide groups is 1. The lowest BCUT2D eigenvalue weighted by molar-refractivity contribution is -0.126. The van der Waals surface area contributed by atoms with E-state index in [0.717, 1.165) is 57.6 Å². The summed E-state index contributed by atoms with van der Waals surface area (Å²) in [5, 5.41) is 0.875. The van der Waals surface area contributed by atoms with Crippen LogP contribution in [0.25, 0.3) is 21.9 Å². The van der Waals surface area contributed by atoms with E-state index in [2.05, 4.69) is 6.92 Å². The molecule has 0 spiro atoms. The highest BCUT2D eigenvalue weighted by Crippen LogP contribution is 2.43. The lowest BCUT2D eigenvalue weighted by Gasteiger charge is -2.16. The predicted octanol–water partition coefficient (Wildman–Crippen LogP) is 8.28. The molecule has 1 N–H and O–H groups in total. The van der Waals surface area contributed by atoms with E-state index in [4.69, 9.17) is 18.6 Å². The number of ether oxygens (including phenoxy) is 3. The van der Waals surface area contributed by atoms with Gasteiger partial charge in [-0.1, -0.05) is 43.7 Å². The van der Waals surface area contributed by atoms with E-state index in [1.165, 1.54) is 12.1 Å². The highest BCUT2D eigenvalue weighted by molar-refractivity contribution is 8.15. The maximum absolute atomic E-state index is 15.1. The zero-order valence-corrected chi connectivity index (χ0v) is 23.7. The first-order valence-electron chi connectivity index (χ1n) is 13.7. The third-order valence-electron chi connectivity index (χ3n) is 6.90. The van der Waals surface area contributed by atoms with Gasteiger partial charge in [-0.25, -0.2) is 4.39 Å². The fourth-order valence-electron chi connectivity index (χ4n) is 4.91. The summed E-state index contributed by atoms with van der Waals surface area (Å²) in [6.45, 7) is 2.86. The van der Waals surface area contributed by atoms with Gasteiger partial charge in [-0.3, -0.25) is 14.9 Å². The second-order valence-corrected chi connectivity index (χ2v) is 11.0. The van der Waals surface area contributed by atoms with Crippen LogP contribution in [0.1, 0.15) is 30.9 Å². The topological polar surface area (TPSA) is 87.0 Å². The summed E-state index contributed by atoms with van der Waals surface area (Å²) in [6.07, 6.45) is 2.37. The number of fused-ring (bicyclic) bond motifs is 3. The number of hydrogen-bond acceptors (Lipinski definition) is 7. The number of carbonyl (C=O) groups excluding carboxylic acids is 2. The number of thioether (sulfide) groups is 1. The van der Waals surface area contributed by atoms with Gasteiger partial charge in [0.25, 0.3) is 16.1 Å². The molecular weight excluding hydrogens is 557 g/mol. The molecule has 0 radical (unpaired) electrons. The molecule has 1 aliphatic heterocycles. The van der Waals surface area contributed by atoms with Crippen LogP contribution in [0.5, 0.6) is 23.0 Å². The molecule has 6 rings (SSSR count). The zero-order valence-electron chi connectivity index (χ0n) is 22.9. The molecule has 1 unspecified atom stereocenters. The Hall–Kier alpha value is -4.50. The smallest absolute Gasteiger partial charge is 0.289 e.